The number of aromatic nitrogens is 2. The van der Waals surface area contributed by atoms with Gasteiger partial charge in [-0.25, -0.2) is 4.39 Å². The molecule has 2 rings (SSSR count). The molecular weight excluding hydrogens is 915 g/mol. The third kappa shape index (κ3) is 8.44. The van der Waals surface area contributed by atoms with Crippen LogP contribution in [0.15, 0.2) is 45.9 Å². The second-order valence-corrected chi connectivity index (χ2v) is 29.6. The highest BCUT2D eigenvalue weighted by Crippen LogP contribution is 2.84. The molecule has 5 unspecified atom stereocenters. The Balaban J connectivity index is 0.000000550. The van der Waals surface area contributed by atoms with Crippen LogP contribution in [0.4, 0.5) is 4.39 Å². The summed E-state index contributed by atoms with van der Waals surface area (Å²) in [5.74, 6) is -1.99. The van der Waals surface area contributed by atoms with Gasteiger partial charge in [-0.05, 0) is 83.4 Å². The quantitative estimate of drug-likeness (QED) is 0.118. The number of halogens is 3. The molecule has 0 bridgehead atoms. The van der Waals surface area contributed by atoms with Crippen molar-refractivity contribution >= 4 is 62.0 Å². The van der Waals surface area contributed by atoms with Crippen LogP contribution in [0.1, 0.15) is 122 Å². The average Bonchev–Trinajstić information content (AvgIpc) is 3.02. The van der Waals surface area contributed by atoms with Crippen molar-refractivity contribution in [1.82, 2.24) is 9.97 Å². The van der Waals surface area contributed by atoms with Gasteiger partial charge in [0, 0.05) is 56.6 Å². The van der Waals surface area contributed by atoms with Gasteiger partial charge in [-0.15, -0.1) is 0 Å². The highest BCUT2D eigenvalue weighted by molar-refractivity contribution is 9.10. The van der Waals surface area contributed by atoms with E-state index in [1.165, 1.54) is 40.1 Å². The van der Waals surface area contributed by atoms with Crippen LogP contribution in [0.2, 0.25) is 0 Å². The Bertz CT molecular complexity index is 1750. The molecule has 0 aliphatic carbocycles. The summed E-state index contributed by atoms with van der Waals surface area (Å²) in [6.45, 7) is 27.2. The third-order valence-electron chi connectivity index (χ3n) is 11.7. The molecule has 17 heteroatoms. The molecule has 0 aliphatic heterocycles. The van der Waals surface area contributed by atoms with Crippen molar-refractivity contribution in [2.75, 3.05) is 0 Å². The third-order valence-corrected chi connectivity index (χ3v) is 25.6. The van der Waals surface area contributed by atoms with Crippen molar-refractivity contribution in [3.8, 4) is 0 Å². The molecule has 0 amide bonds. The molecule has 0 radical (unpaired) electrons. The van der Waals surface area contributed by atoms with Crippen LogP contribution in [0.3, 0.4) is 0 Å². The maximum Gasteiger partial charge on any atom is 0.523 e. The molecule has 2 heterocycles. The van der Waals surface area contributed by atoms with Crippen molar-refractivity contribution in [1.29, 1.82) is 0 Å². The molecule has 0 aromatic carbocycles. The summed E-state index contributed by atoms with van der Waals surface area (Å²) in [5, 5.41) is -3.25. The van der Waals surface area contributed by atoms with E-state index < -0.39 is 85.7 Å². The first-order chi connectivity index (χ1) is 24.7. The van der Waals surface area contributed by atoms with Crippen LogP contribution in [-0.4, -0.2) is 56.6 Å². The zero-order valence-electron chi connectivity index (χ0n) is 35.3. The highest BCUT2D eigenvalue weighted by Gasteiger charge is 2.79. The number of rotatable bonds is 16. The van der Waals surface area contributed by atoms with Crippen molar-refractivity contribution in [3.63, 3.8) is 0 Å². The second-order valence-electron chi connectivity index (χ2n) is 17.0. The first kappa shape index (κ1) is 52.8. The van der Waals surface area contributed by atoms with Crippen molar-refractivity contribution in [2.45, 2.75) is 149 Å². The van der Waals surface area contributed by atoms with Gasteiger partial charge in [0.15, 0.2) is 0 Å². The van der Waals surface area contributed by atoms with E-state index in [9.17, 15) is 37.8 Å². The lowest BCUT2D eigenvalue weighted by atomic mass is 9.60. The van der Waals surface area contributed by atoms with E-state index in [0.29, 0.717) is 15.6 Å². The van der Waals surface area contributed by atoms with Gasteiger partial charge in [0.25, 0.3) is 17.4 Å². The molecule has 0 aliphatic rings. The first-order valence-electron chi connectivity index (χ1n) is 18.8. The standard InChI is InChI=1S/C19H33BrFNO4P2.C19H32BrNO4P2/c1-12(2)18(13(3)4,16-9-17(20)11-22-10-16)19(21,27(23,24)14(5)6)28(25,26)15(7)8;1-12(2)18(13(3)4,16-9-17(20)11-21-10-16)19(14(5)6,26(22)23)27(24,25)15(7)8/h9-15H,1-8H3,(H,23,24)(H,25,26);9-15H,1-8H3,(H-,22,23,24,25)/p+1. The molecule has 5 atom stereocenters. The van der Waals surface area contributed by atoms with Gasteiger partial charge in [-0.2, -0.15) is 4.89 Å². The van der Waals surface area contributed by atoms with Gasteiger partial charge in [0.2, 0.25) is 14.7 Å². The van der Waals surface area contributed by atoms with E-state index >= 15 is 4.39 Å². The number of hydrogen-bond donors (Lipinski definition) is 4. The highest BCUT2D eigenvalue weighted by atomic mass is 79.9. The van der Waals surface area contributed by atoms with Crippen molar-refractivity contribution < 1.29 is 42.2 Å². The number of alkyl halides is 1. The van der Waals surface area contributed by atoms with E-state index in [4.69, 9.17) is 0 Å². The fourth-order valence-electron chi connectivity index (χ4n) is 9.35. The molecule has 4 N–H and O–H groups in total. The lowest BCUT2D eigenvalue weighted by molar-refractivity contribution is 0.0844. The van der Waals surface area contributed by atoms with Crippen molar-refractivity contribution in [2.24, 2.45) is 29.6 Å². The van der Waals surface area contributed by atoms with E-state index in [-0.39, 0.29) is 11.8 Å². The molecule has 316 valence electrons. The molecule has 2 aromatic rings. The Hall–Kier alpha value is -0.180. The fourth-order valence-corrected chi connectivity index (χ4v) is 22.6. The summed E-state index contributed by atoms with van der Waals surface area (Å²) in [6, 6.07) is 3.49. The van der Waals surface area contributed by atoms with E-state index in [2.05, 4.69) is 41.8 Å². The molecule has 55 heavy (non-hydrogen) atoms. The number of hydrogen-bond acceptors (Lipinski definition) is 6. The number of pyridine rings is 2. The zero-order valence-corrected chi connectivity index (χ0v) is 42.1. The lowest BCUT2D eigenvalue weighted by Crippen LogP contribution is -2.59. The fraction of sp³-hybridized carbons (Fsp3) is 0.737. The van der Waals surface area contributed by atoms with Crippen LogP contribution in [0.25, 0.3) is 0 Å². The monoisotopic (exact) mass is 979 g/mol. The van der Waals surface area contributed by atoms with Crippen LogP contribution in [-0.2, 0) is 29.1 Å². The van der Waals surface area contributed by atoms with Crippen LogP contribution in [0, 0.1) is 29.6 Å². The van der Waals surface area contributed by atoms with Gasteiger partial charge >= 0.3 is 8.03 Å². The van der Waals surface area contributed by atoms with Crippen LogP contribution in [0.5, 0.6) is 0 Å². The largest absolute Gasteiger partial charge is 0.523 e. The Labute approximate surface area is 347 Å². The van der Waals surface area contributed by atoms with Crippen LogP contribution >= 0.6 is 62.0 Å². The first-order valence-corrected chi connectivity index (χ1v) is 26.8. The van der Waals surface area contributed by atoms with Gasteiger partial charge in [-0.3, -0.25) is 23.7 Å². The summed E-state index contributed by atoms with van der Waals surface area (Å²) < 4.78 is 73.0. The predicted octanol–water partition coefficient (Wildman–Crippen LogP) is 12.5. The summed E-state index contributed by atoms with van der Waals surface area (Å²) in [4.78, 5) is 51.0. The molecule has 0 spiro atoms. The Kier molecular flexibility index (Phi) is 18.3. The minimum Gasteiger partial charge on any atom is -0.342 e. The molecule has 0 saturated carbocycles. The Morgan fingerprint density at radius 2 is 0.855 bits per heavy atom. The van der Waals surface area contributed by atoms with Gasteiger partial charge in [0.05, 0.1) is 10.8 Å². The Morgan fingerprint density at radius 1 is 0.564 bits per heavy atom. The average molecular weight is 982 g/mol. The maximum atomic E-state index is 17.4. The minimum absolute atomic E-state index is 0.179. The molecule has 0 fully saturated rings. The summed E-state index contributed by atoms with van der Waals surface area (Å²) >= 11 is 6.77. The SMILES string of the molecule is CC(C)C(c1cncc(Br)c1)(C(C)C)C(C(C)C)([P+](=O)O)P(=O)(O)C(C)C.CC(C)C(c1cncc(Br)c1)(C(C)C)C(F)(P(=O)(O)C(C)C)P(=O)(O)C(C)C. The van der Waals surface area contributed by atoms with E-state index in [1.807, 2.05) is 33.8 Å². The van der Waals surface area contributed by atoms with Gasteiger partial charge in [-0.1, -0.05) is 111 Å². The molecule has 0 saturated heterocycles. The van der Waals surface area contributed by atoms with E-state index in [0.717, 1.165) is 4.47 Å². The Morgan fingerprint density at radius 3 is 1.07 bits per heavy atom. The minimum atomic E-state index is -4.79. The topological polar surface area (TPSA) is 175 Å². The summed E-state index contributed by atoms with van der Waals surface area (Å²) in [7, 11) is -16.7. The predicted molar refractivity (Wildman–Crippen MR) is 233 cm³/mol. The smallest absolute Gasteiger partial charge is 0.342 e. The van der Waals surface area contributed by atoms with Crippen LogP contribution < -0.4 is 0 Å². The molecule has 2 aromatic heterocycles. The maximum absolute atomic E-state index is 17.4. The number of nitrogens with zero attached hydrogens (tertiary/aromatic N) is 2. The van der Waals surface area contributed by atoms with Gasteiger partial charge < -0.3 is 14.7 Å². The molecular formula is C38H66Br2FN2O8P4+. The van der Waals surface area contributed by atoms with Gasteiger partial charge in [0.1, 0.15) is 0 Å². The zero-order chi connectivity index (χ0) is 43.7. The van der Waals surface area contributed by atoms with E-state index in [1.54, 1.807) is 73.8 Å². The normalized spacial score (nSPS) is 18.9. The van der Waals surface area contributed by atoms with Crippen molar-refractivity contribution in [3.05, 3.63) is 57.0 Å². The summed E-state index contributed by atoms with van der Waals surface area (Å²) in [6.07, 6.45) is 6.27. The molecule has 10 nitrogen and oxygen atoms in total. The second kappa shape index (κ2) is 19.0. The summed E-state index contributed by atoms with van der Waals surface area (Å²) in [5.41, 5.74) is -4.42. The lowest BCUT2D eigenvalue weighted by Gasteiger charge is -2.54.